The first-order valence-electron chi connectivity index (χ1n) is 13.7. The molecule has 1 aliphatic heterocycles. The summed E-state index contributed by atoms with van der Waals surface area (Å²) in [7, 11) is 1.88. The molecule has 12 heteroatoms. The molecule has 11 nitrogen and oxygen atoms in total. The molecule has 0 spiro atoms. The second-order valence-electron chi connectivity index (χ2n) is 11.6. The van der Waals surface area contributed by atoms with Crippen LogP contribution in [0.15, 0.2) is 36.8 Å². The highest BCUT2D eigenvalue weighted by molar-refractivity contribution is 5.83. The average Bonchev–Trinajstić information content (AvgIpc) is 3.25. The number of aromatic nitrogens is 6. The van der Waals surface area contributed by atoms with Crippen molar-refractivity contribution < 1.29 is 13.9 Å². The van der Waals surface area contributed by atoms with Gasteiger partial charge in [-0.2, -0.15) is 5.10 Å². The molecule has 5 rings (SSSR count). The van der Waals surface area contributed by atoms with Crippen molar-refractivity contribution in [1.29, 1.82) is 0 Å². The van der Waals surface area contributed by atoms with Crippen molar-refractivity contribution in [2.45, 2.75) is 52.7 Å². The number of ether oxygens (including phenoxy) is 1. The van der Waals surface area contributed by atoms with Crippen LogP contribution in [0.25, 0.3) is 22.3 Å². The Morgan fingerprint density at radius 3 is 2.49 bits per heavy atom. The SMILES string of the molecule is CC(C)c1c2cc(-c3nc(Nc4ccc(CN5CCN(C(=O)OC(C)(C)C)CC5)cn4)ncc3F)cnc2nn1C. The number of fused-ring (bicyclic) bond motifs is 1. The maximum Gasteiger partial charge on any atom is 0.410 e. The van der Waals surface area contributed by atoms with Crippen molar-refractivity contribution in [3.63, 3.8) is 0 Å². The quantitative estimate of drug-likeness (QED) is 0.352. The van der Waals surface area contributed by atoms with Crippen LogP contribution in [0, 0.1) is 5.82 Å². The first kappa shape index (κ1) is 28.3. The van der Waals surface area contributed by atoms with Crippen molar-refractivity contribution >= 4 is 28.9 Å². The first-order chi connectivity index (χ1) is 19.5. The van der Waals surface area contributed by atoms with E-state index in [-0.39, 0.29) is 23.7 Å². The van der Waals surface area contributed by atoms with Gasteiger partial charge in [-0.05, 0) is 44.4 Å². The van der Waals surface area contributed by atoms with E-state index in [9.17, 15) is 9.18 Å². The molecule has 216 valence electrons. The lowest BCUT2D eigenvalue weighted by atomic mass is 10.1. The molecule has 41 heavy (non-hydrogen) atoms. The van der Waals surface area contributed by atoms with Gasteiger partial charge in [0.25, 0.3) is 0 Å². The van der Waals surface area contributed by atoms with Gasteiger partial charge in [-0.1, -0.05) is 19.9 Å². The maximum atomic E-state index is 14.8. The summed E-state index contributed by atoms with van der Waals surface area (Å²) in [5.74, 6) is 0.464. The number of amides is 1. The summed E-state index contributed by atoms with van der Waals surface area (Å²) < 4.78 is 22.1. The minimum Gasteiger partial charge on any atom is -0.444 e. The smallest absolute Gasteiger partial charge is 0.410 e. The lowest BCUT2D eigenvalue weighted by molar-refractivity contribution is 0.0139. The fourth-order valence-electron chi connectivity index (χ4n) is 4.92. The zero-order valence-corrected chi connectivity index (χ0v) is 24.3. The van der Waals surface area contributed by atoms with E-state index in [1.807, 2.05) is 50.7 Å². The predicted molar refractivity (Wildman–Crippen MR) is 154 cm³/mol. The van der Waals surface area contributed by atoms with Crippen LogP contribution in [-0.2, 0) is 18.3 Å². The number of rotatable bonds is 6. The van der Waals surface area contributed by atoms with E-state index in [1.165, 1.54) is 0 Å². The average molecular weight is 562 g/mol. The summed E-state index contributed by atoms with van der Waals surface area (Å²) in [6.07, 6.45) is 4.25. The summed E-state index contributed by atoms with van der Waals surface area (Å²) >= 11 is 0. The molecule has 4 aromatic rings. The van der Waals surface area contributed by atoms with Crippen LogP contribution in [0.4, 0.5) is 21.0 Å². The van der Waals surface area contributed by atoms with Crippen LogP contribution in [0.2, 0.25) is 0 Å². The molecule has 0 saturated carbocycles. The van der Waals surface area contributed by atoms with Crippen LogP contribution < -0.4 is 5.32 Å². The Hall–Kier alpha value is -4.19. The van der Waals surface area contributed by atoms with E-state index in [0.29, 0.717) is 30.1 Å². The van der Waals surface area contributed by atoms with Crippen LogP contribution >= 0.6 is 0 Å². The minimum atomic E-state index is -0.540. The Morgan fingerprint density at radius 2 is 1.83 bits per heavy atom. The number of nitrogens with one attached hydrogen (secondary N) is 1. The largest absolute Gasteiger partial charge is 0.444 e. The van der Waals surface area contributed by atoms with Gasteiger partial charge < -0.3 is 15.0 Å². The molecular weight excluding hydrogens is 525 g/mol. The molecule has 1 N–H and O–H groups in total. The highest BCUT2D eigenvalue weighted by Crippen LogP contribution is 2.29. The molecule has 4 aromatic heterocycles. The van der Waals surface area contributed by atoms with Crippen LogP contribution in [0.1, 0.15) is 51.8 Å². The van der Waals surface area contributed by atoms with Gasteiger partial charge in [0.2, 0.25) is 5.95 Å². The van der Waals surface area contributed by atoms with Crippen LogP contribution in [0.3, 0.4) is 0 Å². The predicted octanol–water partition coefficient (Wildman–Crippen LogP) is 4.88. The number of anilines is 2. The van der Waals surface area contributed by atoms with Crippen LogP contribution in [-0.4, -0.2) is 77.4 Å². The third-order valence-corrected chi connectivity index (χ3v) is 6.80. The van der Waals surface area contributed by atoms with E-state index in [2.05, 4.69) is 49.1 Å². The van der Waals surface area contributed by atoms with E-state index in [0.717, 1.165) is 42.5 Å². The molecule has 1 saturated heterocycles. The van der Waals surface area contributed by atoms with Gasteiger partial charge in [0.15, 0.2) is 11.5 Å². The molecule has 0 atom stereocenters. The number of carbonyl (C=O) groups excluding carboxylic acids is 1. The Bertz CT molecular complexity index is 1540. The molecule has 1 aliphatic rings. The topological polar surface area (TPSA) is 114 Å². The molecule has 0 radical (unpaired) electrons. The molecule has 1 amide bonds. The second kappa shape index (κ2) is 11.4. The number of halogens is 1. The summed E-state index contributed by atoms with van der Waals surface area (Å²) in [5, 5.41) is 8.41. The van der Waals surface area contributed by atoms with Gasteiger partial charge >= 0.3 is 6.09 Å². The van der Waals surface area contributed by atoms with Crippen molar-refractivity contribution in [2.75, 3.05) is 31.5 Å². The standard InChI is InChI=1S/C29H36FN9O2/c1-18(2)25-21-13-20(15-32-26(21)36-37(25)6)24-22(30)16-33-27(35-24)34-23-8-7-19(14-31-23)17-38-9-11-39(12-10-38)28(40)41-29(3,4)5/h7-8,13-16,18H,9-12,17H2,1-6H3,(H,31,33,34,35). The lowest BCUT2D eigenvalue weighted by Gasteiger charge is -2.35. The molecule has 0 aromatic carbocycles. The maximum absolute atomic E-state index is 14.8. The van der Waals surface area contributed by atoms with Gasteiger partial charge in [-0.15, -0.1) is 0 Å². The highest BCUT2D eigenvalue weighted by Gasteiger charge is 2.26. The lowest BCUT2D eigenvalue weighted by Crippen LogP contribution is -2.49. The van der Waals surface area contributed by atoms with Crippen molar-refractivity contribution in [3.8, 4) is 11.3 Å². The zero-order valence-electron chi connectivity index (χ0n) is 24.3. The first-order valence-corrected chi connectivity index (χ1v) is 13.7. The number of carbonyl (C=O) groups is 1. The monoisotopic (exact) mass is 561 g/mol. The van der Waals surface area contributed by atoms with Crippen molar-refractivity contribution in [3.05, 3.63) is 53.9 Å². The summed E-state index contributed by atoms with van der Waals surface area (Å²) in [6.45, 7) is 13.2. The molecule has 0 bridgehead atoms. The van der Waals surface area contributed by atoms with Crippen LogP contribution in [0.5, 0.6) is 0 Å². The molecular formula is C29H36FN9O2. The van der Waals surface area contributed by atoms with Gasteiger partial charge in [-0.3, -0.25) is 9.58 Å². The highest BCUT2D eigenvalue weighted by atomic mass is 19.1. The third-order valence-electron chi connectivity index (χ3n) is 6.80. The Kier molecular flexibility index (Phi) is 7.85. The van der Waals surface area contributed by atoms with E-state index >= 15 is 0 Å². The molecule has 1 fully saturated rings. The van der Waals surface area contributed by atoms with Gasteiger partial charge in [-0.25, -0.2) is 29.1 Å². The number of pyridine rings is 2. The van der Waals surface area contributed by atoms with Crippen molar-refractivity contribution in [2.24, 2.45) is 7.05 Å². The summed E-state index contributed by atoms with van der Waals surface area (Å²) in [4.78, 5) is 33.8. The normalized spacial score (nSPS) is 14.6. The number of aryl methyl sites for hydroxylation is 1. The van der Waals surface area contributed by atoms with E-state index in [4.69, 9.17) is 4.74 Å². The van der Waals surface area contributed by atoms with Gasteiger partial charge in [0.05, 0.1) is 11.9 Å². The number of hydrogen-bond donors (Lipinski definition) is 1. The van der Waals surface area contributed by atoms with E-state index in [1.54, 1.807) is 17.3 Å². The summed E-state index contributed by atoms with van der Waals surface area (Å²) in [6, 6.07) is 5.70. The molecule has 0 unspecified atom stereocenters. The summed E-state index contributed by atoms with van der Waals surface area (Å²) in [5.41, 5.74) is 2.87. The number of piperazine rings is 1. The Morgan fingerprint density at radius 1 is 1.07 bits per heavy atom. The van der Waals surface area contributed by atoms with Gasteiger partial charge in [0, 0.05) is 63.1 Å². The second-order valence-corrected chi connectivity index (χ2v) is 11.6. The zero-order chi connectivity index (χ0) is 29.3. The molecule has 5 heterocycles. The Labute approximate surface area is 238 Å². The fraction of sp³-hybridized carbons (Fsp3) is 0.448. The van der Waals surface area contributed by atoms with E-state index < -0.39 is 11.4 Å². The Balaban J connectivity index is 1.23. The number of hydrogen-bond acceptors (Lipinski definition) is 9. The third kappa shape index (κ3) is 6.59. The number of nitrogens with zero attached hydrogens (tertiary/aromatic N) is 8. The minimum absolute atomic E-state index is 0.151. The fourth-order valence-corrected chi connectivity index (χ4v) is 4.92. The van der Waals surface area contributed by atoms with Crippen molar-refractivity contribution in [1.82, 2.24) is 39.5 Å². The van der Waals surface area contributed by atoms with Gasteiger partial charge in [0.1, 0.15) is 17.1 Å². The molecule has 0 aliphatic carbocycles.